The summed E-state index contributed by atoms with van der Waals surface area (Å²) < 4.78 is 207. The second-order valence-electron chi connectivity index (χ2n) is 8.98. The van der Waals surface area contributed by atoms with Crippen molar-refractivity contribution in [2.24, 2.45) is 5.92 Å². The van der Waals surface area contributed by atoms with Crippen molar-refractivity contribution in [1.29, 1.82) is 0 Å². The van der Waals surface area contributed by atoms with Crippen LogP contribution in [0.5, 0.6) is 0 Å². The number of benzene rings is 1. The Kier molecular flexibility index (Phi) is 8.70. The van der Waals surface area contributed by atoms with E-state index in [1.165, 1.54) is 12.1 Å². The fourth-order valence-electron chi connectivity index (χ4n) is 3.32. The van der Waals surface area contributed by atoms with Gasteiger partial charge in [0.1, 0.15) is 0 Å². The van der Waals surface area contributed by atoms with Gasteiger partial charge in [0.05, 0.1) is 12.0 Å². The van der Waals surface area contributed by atoms with Gasteiger partial charge in [-0.1, -0.05) is 38.1 Å². The zero-order valence-electron chi connectivity index (χ0n) is 19.4. The molecule has 0 amide bonds. The normalized spacial score (nSPS) is 16.8. The molecule has 16 heteroatoms. The Labute approximate surface area is 201 Å². The van der Waals surface area contributed by atoms with Crippen LogP contribution in [0, 0.1) is 5.92 Å². The lowest BCUT2D eigenvalue weighted by molar-refractivity contribution is -0.453. The summed E-state index contributed by atoms with van der Waals surface area (Å²) >= 11 is 0. The molecule has 0 aliphatic carbocycles. The Morgan fingerprint density at radius 3 is 1.51 bits per heavy atom. The molecule has 0 fully saturated rings. The molecule has 1 unspecified atom stereocenters. The average Bonchev–Trinajstić information content (AvgIpc) is 2.71. The molecule has 1 nitrogen and oxygen atoms in total. The Hall–Kier alpha value is -1.87. The van der Waals surface area contributed by atoms with Gasteiger partial charge in [-0.3, -0.25) is 0 Å². The van der Waals surface area contributed by atoms with E-state index in [-0.39, 0.29) is 11.5 Å². The summed E-state index contributed by atoms with van der Waals surface area (Å²) in [6, 6.07) is 4.82. The Morgan fingerprint density at radius 2 is 1.11 bits per heavy atom. The quantitative estimate of drug-likeness (QED) is 0.241. The van der Waals surface area contributed by atoms with Crippen molar-refractivity contribution in [1.82, 2.24) is 0 Å². The molecule has 216 valence electrons. The van der Waals surface area contributed by atoms with E-state index in [2.05, 4.69) is 0 Å². The zero-order chi connectivity index (χ0) is 29.7. The molecule has 1 rings (SSSR count). The molecule has 1 atom stereocenters. The maximum absolute atomic E-state index is 14.5. The molecular weight excluding hydrogens is 553 g/mol. The van der Waals surface area contributed by atoms with Gasteiger partial charge in [0, 0.05) is 7.11 Å². The van der Waals surface area contributed by atoms with Crippen LogP contribution in [-0.2, 0) is 16.8 Å². The van der Waals surface area contributed by atoms with E-state index in [1.54, 1.807) is 13.8 Å². The first-order valence-electron chi connectivity index (χ1n) is 10.1. The average molecular weight is 574 g/mol. The summed E-state index contributed by atoms with van der Waals surface area (Å²) in [4.78, 5) is 0. The van der Waals surface area contributed by atoms with Crippen molar-refractivity contribution in [3.63, 3.8) is 0 Å². The Morgan fingerprint density at radius 1 is 0.676 bits per heavy atom. The lowest BCUT2D eigenvalue weighted by Crippen LogP contribution is -2.72. The van der Waals surface area contributed by atoms with E-state index in [0.717, 1.165) is 12.1 Å². The molecule has 0 aliphatic heterocycles. The summed E-state index contributed by atoms with van der Waals surface area (Å²) in [7, 11) is 0.633. The lowest BCUT2D eigenvalue weighted by atomic mass is 9.83. The predicted octanol–water partition coefficient (Wildman–Crippen LogP) is 8.51. The summed E-state index contributed by atoms with van der Waals surface area (Å²) in [6.07, 6.45) is -9.93. The maximum atomic E-state index is 14.5. The number of rotatable bonds is 11. The van der Waals surface area contributed by atoms with Crippen molar-refractivity contribution in [2.45, 2.75) is 80.9 Å². The maximum Gasteiger partial charge on any atom is 0.460 e. The molecule has 0 spiro atoms. The van der Waals surface area contributed by atoms with Crippen LogP contribution in [-0.4, -0.2) is 48.8 Å². The molecule has 0 saturated carbocycles. The Bertz CT molecular complexity index is 936. The van der Waals surface area contributed by atoms with Gasteiger partial charge in [-0.2, -0.15) is 65.9 Å². The van der Waals surface area contributed by atoms with Crippen molar-refractivity contribution in [3.05, 3.63) is 35.4 Å². The highest BCUT2D eigenvalue weighted by atomic mass is 19.4. The number of ether oxygens (including phenoxy) is 1. The van der Waals surface area contributed by atoms with Crippen molar-refractivity contribution < 1.29 is 70.6 Å². The largest absolute Gasteiger partial charge is 0.460 e. The summed E-state index contributed by atoms with van der Waals surface area (Å²) in [5, 5.41) is 0. The second kappa shape index (κ2) is 9.70. The molecular formula is C21H21F15O. The summed E-state index contributed by atoms with van der Waals surface area (Å²) in [6.45, 7) is 4.10. The van der Waals surface area contributed by atoms with Gasteiger partial charge in [-0.15, -0.1) is 0 Å². The number of halogens is 15. The molecule has 0 saturated heterocycles. The second-order valence-corrected chi connectivity index (χ2v) is 8.98. The molecule has 1 aromatic rings. The van der Waals surface area contributed by atoms with E-state index >= 15 is 0 Å². The Balaban J connectivity index is 3.59. The van der Waals surface area contributed by atoms with E-state index in [9.17, 15) is 65.9 Å². The molecule has 0 N–H and O–H groups in total. The standard InChI is InChI=1S/C21H21F15O/c1-11(2)8-12-6-5-7-13(9-12)14(3,37-4)10-15(22,23)16(24,25)17(26,27)18(28,29)19(30,31)20(32,33)21(34,35)36/h5-7,9,11H,8,10H2,1-4H3. The van der Waals surface area contributed by atoms with Crippen molar-refractivity contribution in [3.8, 4) is 0 Å². The third-order valence-electron chi connectivity index (χ3n) is 5.58. The summed E-state index contributed by atoms with van der Waals surface area (Å²) in [5.41, 5.74) is -2.63. The molecule has 1 aromatic carbocycles. The smallest absolute Gasteiger partial charge is 0.374 e. The fourth-order valence-corrected chi connectivity index (χ4v) is 3.32. The minimum atomic E-state index is -8.31. The molecule has 0 aromatic heterocycles. The van der Waals surface area contributed by atoms with Crippen LogP contribution >= 0.6 is 0 Å². The van der Waals surface area contributed by atoms with Crippen LogP contribution in [0.1, 0.15) is 38.3 Å². The molecule has 0 bridgehead atoms. The first-order valence-corrected chi connectivity index (χ1v) is 10.1. The molecule has 0 radical (unpaired) electrons. The van der Waals surface area contributed by atoms with Crippen LogP contribution in [0.4, 0.5) is 65.9 Å². The first kappa shape index (κ1) is 33.2. The van der Waals surface area contributed by atoms with E-state index in [1.807, 2.05) is 0 Å². The molecule has 0 aliphatic rings. The fraction of sp³-hybridized carbons (Fsp3) is 0.714. The minimum absolute atomic E-state index is 0.0211. The SMILES string of the molecule is COC(C)(CC(F)(F)C(F)(F)C(F)(F)C(F)(F)C(F)(F)C(F)(F)C(F)(F)F)c1cccc(CC(C)C)c1. The van der Waals surface area contributed by atoms with Gasteiger partial charge < -0.3 is 4.74 Å². The van der Waals surface area contributed by atoms with Crippen LogP contribution in [0.3, 0.4) is 0 Å². The molecule has 37 heavy (non-hydrogen) atoms. The van der Waals surface area contributed by atoms with Crippen molar-refractivity contribution >= 4 is 0 Å². The van der Waals surface area contributed by atoms with Gasteiger partial charge in [0.25, 0.3) is 0 Å². The van der Waals surface area contributed by atoms with Gasteiger partial charge in [-0.05, 0) is 30.4 Å². The van der Waals surface area contributed by atoms with Crippen LogP contribution < -0.4 is 0 Å². The highest BCUT2D eigenvalue weighted by Crippen LogP contribution is 2.63. The summed E-state index contributed by atoms with van der Waals surface area (Å²) in [5.74, 6) is -46.7. The van der Waals surface area contributed by atoms with Gasteiger partial charge in [-0.25, -0.2) is 0 Å². The number of hydrogen-bond acceptors (Lipinski definition) is 1. The van der Waals surface area contributed by atoms with Crippen LogP contribution in [0.2, 0.25) is 0 Å². The zero-order valence-corrected chi connectivity index (χ0v) is 19.4. The minimum Gasteiger partial charge on any atom is -0.374 e. The van der Waals surface area contributed by atoms with Crippen LogP contribution in [0.25, 0.3) is 0 Å². The number of hydrogen-bond donors (Lipinski definition) is 0. The first-order chi connectivity index (χ1) is 16.2. The topological polar surface area (TPSA) is 9.23 Å². The van der Waals surface area contributed by atoms with Gasteiger partial charge >= 0.3 is 41.7 Å². The van der Waals surface area contributed by atoms with E-state index in [0.29, 0.717) is 26.0 Å². The van der Waals surface area contributed by atoms with E-state index in [4.69, 9.17) is 4.74 Å². The number of methoxy groups -OCH3 is 1. The van der Waals surface area contributed by atoms with Crippen molar-refractivity contribution in [2.75, 3.05) is 7.11 Å². The number of alkyl halides is 15. The van der Waals surface area contributed by atoms with Gasteiger partial charge in [0.2, 0.25) is 0 Å². The monoisotopic (exact) mass is 574 g/mol. The highest BCUT2D eigenvalue weighted by Gasteiger charge is 2.93. The third kappa shape index (κ3) is 5.35. The molecule has 0 heterocycles. The predicted molar refractivity (Wildman–Crippen MR) is 99.7 cm³/mol. The van der Waals surface area contributed by atoms with E-state index < -0.39 is 53.7 Å². The lowest BCUT2D eigenvalue weighted by Gasteiger charge is -2.43. The third-order valence-corrected chi connectivity index (χ3v) is 5.58. The highest BCUT2D eigenvalue weighted by molar-refractivity contribution is 5.29. The van der Waals surface area contributed by atoms with Gasteiger partial charge in [0.15, 0.2) is 0 Å². The van der Waals surface area contributed by atoms with Crippen LogP contribution in [0.15, 0.2) is 24.3 Å².